The zero-order valence-electron chi connectivity index (χ0n) is 15.1. The molecule has 0 saturated heterocycles. The van der Waals surface area contributed by atoms with Crippen LogP contribution in [0.3, 0.4) is 0 Å². The molecule has 1 saturated carbocycles. The highest BCUT2D eigenvalue weighted by Gasteiger charge is 2.31. The molecule has 1 aromatic rings. The van der Waals surface area contributed by atoms with Crippen LogP contribution in [0.1, 0.15) is 77.7 Å². The third-order valence-electron chi connectivity index (χ3n) is 4.63. The number of benzene rings is 1. The van der Waals surface area contributed by atoms with Crippen LogP contribution < -0.4 is 4.74 Å². The summed E-state index contributed by atoms with van der Waals surface area (Å²) in [6.45, 7) is 10.3. The van der Waals surface area contributed by atoms with Crippen LogP contribution in [0.5, 0.6) is 5.75 Å². The summed E-state index contributed by atoms with van der Waals surface area (Å²) < 4.78 is 12.7. The maximum Gasteiger partial charge on any atom is 0.207 e. The van der Waals surface area contributed by atoms with Crippen LogP contribution in [0.25, 0.3) is 5.57 Å². The van der Waals surface area contributed by atoms with Gasteiger partial charge >= 0.3 is 0 Å². The first-order valence-electron chi connectivity index (χ1n) is 9.15. The number of rotatable bonds is 8. The van der Waals surface area contributed by atoms with Gasteiger partial charge in [-0.05, 0) is 43.9 Å². The first-order valence-corrected chi connectivity index (χ1v) is 9.15. The third-order valence-corrected chi connectivity index (χ3v) is 4.63. The van der Waals surface area contributed by atoms with Gasteiger partial charge in [0.05, 0.1) is 6.10 Å². The Morgan fingerprint density at radius 1 is 1.17 bits per heavy atom. The van der Waals surface area contributed by atoms with Crippen molar-refractivity contribution in [3.8, 4) is 5.75 Å². The average Bonchev–Trinajstić information content (AvgIpc) is 2.54. The van der Waals surface area contributed by atoms with Gasteiger partial charge in [-0.15, -0.1) is 0 Å². The second kappa shape index (κ2) is 8.54. The molecule has 23 heavy (non-hydrogen) atoms. The van der Waals surface area contributed by atoms with E-state index in [4.69, 9.17) is 9.47 Å². The maximum absolute atomic E-state index is 6.42. The van der Waals surface area contributed by atoms with Crippen LogP contribution in [0, 0.1) is 0 Å². The van der Waals surface area contributed by atoms with Gasteiger partial charge in [-0.3, -0.25) is 0 Å². The monoisotopic (exact) mass is 316 g/mol. The summed E-state index contributed by atoms with van der Waals surface area (Å²) in [5, 5.41) is 0. The van der Waals surface area contributed by atoms with Crippen molar-refractivity contribution in [2.75, 3.05) is 0 Å². The van der Waals surface area contributed by atoms with Gasteiger partial charge in [0.25, 0.3) is 0 Å². The van der Waals surface area contributed by atoms with E-state index in [0.29, 0.717) is 6.10 Å². The lowest BCUT2D eigenvalue weighted by molar-refractivity contribution is -0.210. The fraction of sp³-hybridized carbons (Fsp3) is 0.619. The Kier molecular flexibility index (Phi) is 6.71. The maximum atomic E-state index is 6.42. The molecule has 2 rings (SSSR count). The zero-order chi connectivity index (χ0) is 16.7. The summed E-state index contributed by atoms with van der Waals surface area (Å²) in [5.41, 5.74) is 2.23. The molecule has 1 fully saturated rings. The van der Waals surface area contributed by atoms with Gasteiger partial charge < -0.3 is 9.47 Å². The lowest BCUT2D eigenvalue weighted by Gasteiger charge is -2.36. The lowest BCUT2D eigenvalue weighted by atomic mass is 9.97. The van der Waals surface area contributed by atoms with Gasteiger partial charge in [-0.1, -0.05) is 56.9 Å². The Labute approximate surface area is 141 Å². The fourth-order valence-corrected chi connectivity index (χ4v) is 3.22. The van der Waals surface area contributed by atoms with E-state index in [2.05, 4.69) is 32.6 Å². The quantitative estimate of drug-likeness (QED) is 0.520. The van der Waals surface area contributed by atoms with E-state index in [-0.39, 0.29) is 0 Å². The Bertz CT molecular complexity index is 485. The van der Waals surface area contributed by atoms with Crippen molar-refractivity contribution in [2.45, 2.75) is 84.0 Å². The lowest BCUT2D eigenvalue weighted by Crippen LogP contribution is -2.40. The number of allylic oxidation sites excluding steroid dienone is 1. The van der Waals surface area contributed by atoms with Crippen molar-refractivity contribution >= 4 is 5.57 Å². The molecule has 1 unspecified atom stereocenters. The van der Waals surface area contributed by atoms with E-state index in [9.17, 15) is 0 Å². The van der Waals surface area contributed by atoms with Gasteiger partial charge in [0, 0.05) is 13.3 Å². The van der Waals surface area contributed by atoms with Gasteiger partial charge in [-0.25, -0.2) is 0 Å². The molecular formula is C21H32O2. The Hall–Kier alpha value is -1.28. The molecule has 2 nitrogen and oxygen atoms in total. The van der Waals surface area contributed by atoms with Crippen molar-refractivity contribution in [3.05, 3.63) is 36.4 Å². The molecule has 0 amide bonds. The SMILES string of the molecule is C=C(C)c1ccc(OC(C)(CCCC)OC2CCCCC2)cc1. The second-order valence-electron chi connectivity index (χ2n) is 7.02. The van der Waals surface area contributed by atoms with Crippen LogP contribution in [0.2, 0.25) is 0 Å². The third kappa shape index (κ3) is 5.69. The minimum absolute atomic E-state index is 0.347. The van der Waals surface area contributed by atoms with E-state index in [1.807, 2.05) is 19.1 Å². The Morgan fingerprint density at radius 2 is 1.83 bits per heavy atom. The molecule has 128 valence electrons. The van der Waals surface area contributed by atoms with E-state index in [0.717, 1.165) is 36.1 Å². The highest BCUT2D eigenvalue weighted by Crippen LogP contribution is 2.31. The van der Waals surface area contributed by atoms with Gasteiger partial charge in [-0.2, -0.15) is 0 Å². The normalized spacial score (nSPS) is 18.4. The van der Waals surface area contributed by atoms with Crippen molar-refractivity contribution in [1.29, 1.82) is 0 Å². The first kappa shape index (κ1) is 18.1. The molecule has 0 N–H and O–H groups in total. The van der Waals surface area contributed by atoms with E-state index in [1.54, 1.807) is 0 Å². The molecule has 0 radical (unpaired) electrons. The molecule has 0 heterocycles. The first-order chi connectivity index (χ1) is 11.0. The molecule has 1 aliphatic carbocycles. The Morgan fingerprint density at radius 3 is 2.39 bits per heavy atom. The highest BCUT2D eigenvalue weighted by atomic mass is 16.7. The summed E-state index contributed by atoms with van der Waals surface area (Å²) in [5.74, 6) is 0.354. The van der Waals surface area contributed by atoms with Crippen LogP contribution in [-0.4, -0.2) is 11.9 Å². The summed E-state index contributed by atoms with van der Waals surface area (Å²) in [7, 11) is 0. The number of hydrogen-bond donors (Lipinski definition) is 0. The predicted octanol–water partition coefficient (Wildman–Crippen LogP) is 6.35. The van der Waals surface area contributed by atoms with Crippen molar-refractivity contribution in [3.63, 3.8) is 0 Å². The van der Waals surface area contributed by atoms with Crippen LogP contribution in [0.4, 0.5) is 0 Å². The van der Waals surface area contributed by atoms with E-state index in [1.165, 1.54) is 32.1 Å². The molecule has 1 aromatic carbocycles. The molecule has 1 aliphatic rings. The molecule has 0 spiro atoms. The number of ether oxygens (including phenoxy) is 2. The largest absolute Gasteiger partial charge is 0.463 e. The Balaban J connectivity index is 2.04. The van der Waals surface area contributed by atoms with Crippen LogP contribution in [-0.2, 0) is 4.74 Å². The van der Waals surface area contributed by atoms with Crippen LogP contribution >= 0.6 is 0 Å². The second-order valence-corrected chi connectivity index (χ2v) is 7.02. The molecular weight excluding hydrogens is 284 g/mol. The summed E-state index contributed by atoms with van der Waals surface area (Å²) in [6.07, 6.45) is 9.79. The topological polar surface area (TPSA) is 18.5 Å². The van der Waals surface area contributed by atoms with Gasteiger partial charge in [0.15, 0.2) is 0 Å². The van der Waals surface area contributed by atoms with Gasteiger partial charge in [0.1, 0.15) is 5.75 Å². The van der Waals surface area contributed by atoms with Crippen molar-refractivity contribution < 1.29 is 9.47 Å². The van der Waals surface area contributed by atoms with E-state index >= 15 is 0 Å². The molecule has 0 bridgehead atoms. The summed E-state index contributed by atoms with van der Waals surface area (Å²) >= 11 is 0. The van der Waals surface area contributed by atoms with Crippen LogP contribution in [0.15, 0.2) is 30.8 Å². The fourth-order valence-electron chi connectivity index (χ4n) is 3.22. The zero-order valence-corrected chi connectivity index (χ0v) is 15.1. The molecule has 1 atom stereocenters. The highest BCUT2D eigenvalue weighted by molar-refractivity contribution is 5.61. The predicted molar refractivity (Wildman–Crippen MR) is 97.7 cm³/mol. The smallest absolute Gasteiger partial charge is 0.207 e. The molecule has 0 aliphatic heterocycles. The summed E-state index contributed by atoms with van der Waals surface area (Å²) in [6, 6.07) is 8.19. The van der Waals surface area contributed by atoms with Crippen molar-refractivity contribution in [1.82, 2.24) is 0 Å². The average molecular weight is 316 g/mol. The number of unbranched alkanes of at least 4 members (excludes halogenated alkanes) is 1. The summed E-state index contributed by atoms with van der Waals surface area (Å²) in [4.78, 5) is 0. The molecule has 0 aromatic heterocycles. The molecule has 2 heteroatoms. The standard InChI is InChI=1S/C21H32O2/c1-5-6-16-21(4,22-19-10-8-7-9-11-19)23-20-14-12-18(13-15-20)17(2)3/h12-15,19H,2,5-11,16H2,1,3-4H3. The number of hydrogen-bond acceptors (Lipinski definition) is 2. The van der Waals surface area contributed by atoms with Crippen molar-refractivity contribution in [2.24, 2.45) is 0 Å². The van der Waals surface area contributed by atoms with E-state index < -0.39 is 5.79 Å². The minimum atomic E-state index is -0.525. The minimum Gasteiger partial charge on any atom is -0.463 e. The van der Waals surface area contributed by atoms with Gasteiger partial charge in [0.2, 0.25) is 5.79 Å².